The molecule has 1 aromatic carbocycles. The number of carbonyl (C=O) groups excluding carboxylic acids is 1. The third-order valence-corrected chi connectivity index (χ3v) is 4.48. The average molecular weight is 356 g/mol. The number of rotatable bonds is 5. The molecule has 0 spiro atoms. The number of hydrogen-bond donors (Lipinski definition) is 0. The van der Waals surface area contributed by atoms with Crippen LogP contribution in [0.3, 0.4) is 0 Å². The zero-order valence-electron chi connectivity index (χ0n) is 14.6. The fourth-order valence-corrected chi connectivity index (χ4v) is 3.11. The Bertz CT molecular complexity index is 796. The molecule has 0 bridgehead atoms. The number of aromatic nitrogens is 2. The highest BCUT2D eigenvalue weighted by atomic mass is 16.7. The first-order valence-corrected chi connectivity index (χ1v) is 8.45. The normalized spacial score (nSPS) is 16.8. The van der Waals surface area contributed by atoms with Crippen molar-refractivity contribution in [3.05, 3.63) is 41.7 Å². The maximum absolute atomic E-state index is 12.5. The van der Waals surface area contributed by atoms with E-state index in [9.17, 15) is 4.79 Å². The minimum atomic E-state index is 0.114. The van der Waals surface area contributed by atoms with E-state index in [0.29, 0.717) is 32.2 Å². The van der Waals surface area contributed by atoms with Crippen molar-refractivity contribution in [3.8, 4) is 17.5 Å². The summed E-state index contributed by atoms with van der Waals surface area (Å²) in [6.45, 7) is 3.36. The predicted molar refractivity (Wildman–Crippen MR) is 91.8 cm³/mol. The number of methoxy groups -OCH3 is 1. The molecule has 8 nitrogen and oxygen atoms in total. The monoisotopic (exact) mass is 356 g/mol. The molecule has 1 saturated heterocycles. The molecule has 0 radical (unpaired) electrons. The number of carbonyl (C=O) groups is 1. The first-order chi connectivity index (χ1) is 12.7. The van der Waals surface area contributed by atoms with Crippen LogP contribution in [-0.4, -0.2) is 59.2 Å². The van der Waals surface area contributed by atoms with E-state index in [2.05, 4.69) is 14.9 Å². The van der Waals surface area contributed by atoms with Crippen molar-refractivity contribution in [1.29, 1.82) is 0 Å². The second kappa shape index (κ2) is 7.17. The maximum Gasteiger partial charge on any atom is 0.316 e. The summed E-state index contributed by atoms with van der Waals surface area (Å²) in [4.78, 5) is 24.7. The van der Waals surface area contributed by atoms with Crippen LogP contribution in [-0.2, 0) is 17.9 Å². The summed E-state index contributed by atoms with van der Waals surface area (Å²) in [5, 5.41) is 0. The van der Waals surface area contributed by atoms with Gasteiger partial charge in [0.05, 0.1) is 13.7 Å². The van der Waals surface area contributed by atoms with Gasteiger partial charge in [-0.15, -0.1) is 0 Å². The molecule has 0 unspecified atom stereocenters. The molecule has 0 aliphatic carbocycles. The lowest BCUT2D eigenvalue weighted by atomic mass is 10.1. The largest absolute Gasteiger partial charge is 0.467 e. The van der Waals surface area contributed by atoms with Crippen molar-refractivity contribution in [2.24, 2.45) is 0 Å². The van der Waals surface area contributed by atoms with E-state index >= 15 is 0 Å². The Balaban J connectivity index is 1.33. The Kier molecular flexibility index (Phi) is 4.57. The Hall–Kier alpha value is -2.87. The van der Waals surface area contributed by atoms with Crippen LogP contribution in [0.25, 0.3) is 0 Å². The highest BCUT2D eigenvalue weighted by Crippen LogP contribution is 2.32. The lowest BCUT2D eigenvalue weighted by molar-refractivity contribution is -0.136. The first kappa shape index (κ1) is 16.6. The van der Waals surface area contributed by atoms with E-state index in [-0.39, 0.29) is 12.7 Å². The molecule has 1 fully saturated rings. The van der Waals surface area contributed by atoms with E-state index in [1.54, 1.807) is 12.4 Å². The van der Waals surface area contributed by atoms with Crippen LogP contribution in [0.2, 0.25) is 0 Å². The van der Waals surface area contributed by atoms with Crippen LogP contribution in [0.4, 0.5) is 0 Å². The summed E-state index contributed by atoms with van der Waals surface area (Å²) in [5.74, 6) is 1.61. The number of hydrogen-bond acceptors (Lipinski definition) is 7. The van der Waals surface area contributed by atoms with Crippen LogP contribution < -0.4 is 14.2 Å². The molecule has 3 heterocycles. The van der Waals surface area contributed by atoms with Gasteiger partial charge in [-0.25, -0.2) is 9.97 Å². The summed E-state index contributed by atoms with van der Waals surface area (Å²) in [5.41, 5.74) is 2.00. The molecule has 2 aliphatic heterocycles. The molecule has 1 amide bonds. The summed E-state index contributed by atoms with van der Waals surface area (Å²) < 4.78 is 15.7. The molecule has 0 atom stereocenters. The third kappa shape index (κ3) is 3.55. The molecular weight excluding hydrogens is 336 g/mol. The Morgan fingerprint density at radius 2 is 1.88 bits per heavy atom. The van der Waals surface area contributed by atoms with Gasteiger partial charge in [-0.2, -0.15) is 0 Å². The van der Waals surface area contributed by atoms with Crippen molar-refractivity contribution in [3.63, 3.8) is 0 Å². The lowest BCUT2D eigenvalue weighted by Crippen LogP contribution is -2.49. The molecular formula is C18H20N4O4. The van der Waals surface area contributed by atoms with Gasteiger partial charge in [-0.05, 0) is 17.7 Å². The zero-order chi connectivity index (χ0) is 17.9. The first-order valence-electron chi connectivity index (χ1n) is 8.45. The highest BCUT2D eigenvalue weighted by Gasteiger charge is 2.24. The number of benzene rings is 1. The molecule has 0 saturated carbocycles. The smallest absolute Gasteiger partial charge is 0.316 e. The third-order valence-electron chi connectivity index (χ3n) is 4.48. The average Bonchev–Trinajstić information content (AvgIpc) is 3.12. The Morgan fingerprint density at radius 3 is 2.65 bits per heavy atom. The summed E-state index contributed by atoms with van der Waals surface area (Å²) in [7, 11) is 1.53. The van der Waals surface area contributed by atoms with Gasteiger partial charge in [0.1, 0.15) is 0 Å². The minimum absolute atomic E-state index is 0.114. The fraction of sp³-hybridized carbons (Fsp3) is 0.389. The van der Waals surface area contributed by atoms with Gasteiger partial charge < -0.3 is 19.1 Å². The maximum atomic E-state index is 12.5. The van der Waals surface area contributed by atoms with E-state index in [1.165, 1.54) is 7.11 Å². The van der Waals surface area contributed by atoms with Crippen molar-refractivity contribution in [2.45, 2.75) is 13.1 Å². The number of nitrogens with zero attached hydrogens (tertiary/aromatic N) is 4. The number of amides is 1. The van der Waals surface area contributed by atoms with Gasteiger partial charge in [0.25, 0.3) is 0 Å². The molecule has 2 aromatic rings. The highest BCUT2D eigenvalue weighted by molar-refractivity contribution is 5.79. The van der Waals surface area contributed by atoms with Crippen LogP contribution in [0.1, 0.15) is 11.1 Å². The van der Waals surface area contributed by atoms with Gasteiger partial charge in [0, 0.05) is 44.1 Å². The number of fused-ring (bicyclic) bond motifs is 1. The second-order valence-corrected chi connectivity index (χ2v) is 6.29. The van der Waals surface area contributed by atoms with Crippen molar-refractivity contribution in [1.82, 2.24) is 19.8 Å². The Labute approximate surface area is 151 Å². The zero-order valence-corrected chi connectivity index (χ0v) is 14.6. The van der Waals surface area contributed by atoms with Crippen LogP contribution >= 0.6 is 0 Å². The van der Waals surface area contributed by atoms with Crippen LogP contribution in [0.5, 0.6) is 17.5 Å². The van der Waals surface area contributed by atoms with Gasteiger partial charge in [-0.1, -0.05) is 6.07 Å². The van der Waals surface area contributed by atoms with Crippen LogP contribution in [0, 0.1) is 0 Å². The molecule has 8 heteroatoms. The molecule has 4 rings (SSSR count). The van der Waals surface area contributed by atoms with E-state index in [4.69, 9.17) is 14.2 Å². The van der Waals surface area contributed by atoms with E-state index in [0.717, 1.165) is 29.2 Å². The van der Waals surface area contributed by atoms with Gasteiger partial charge in [0.15, 0.2) is 11.5 Å². The minimum Gasteiger partial charge on any atom is -0.467 e. The molecule has 2 aliphatic rings. The molecule has 26 heavy (non-hydrogen) atoms. The lowest BCUT2D eigenvalue weighted by Gasteiger charge is -2.34. The second-order valence-electron chi connectivity index (χ2n) is 6.29. The van der Waals surface area contributed by atoms with E-state index < -0.39 is 0 Å². The van der Waals surface area contributed by atoms with Crippen molar-refractivity contribution in [2.75, 3.05) is 33.5 Å². The summed E-state index contributed by atoms with van der Waals surface area (Å²) >= 11 is 0. The Morgan fingerprint density at radius 1 is 1.08 bits per heavy atom. The molecule has 1 aromatic heterocycles. The standard InChI is InChI=1S/C18H20N4O4/c1-24-18-19-7-14(8-20-18)9-21-4-5-22(17(23)11-21)10-13-2-3-15-16(6-13)26-12-25-15/h2-3,6-8H,4-5,9-12H2,1H3. The van der Waals surface area contributed by atoms with Crippen LogP contribution in [0.15, 0.2) is 30.6 Å². The topological polar surface area (TPSA) is 77.0 Å². The fourth-order valence-electron chi connectivity index (χ4n) is 3.11. The van der Waals surface area contributed by atoms with Crippen molar-refractivity contribution < 1.29 is 19.0 Å². The van der Waals surface area contributed by atoms with E-state index in [1.807, 2.05) is 23.1 Å². The number of piperazine rings is 1. The number of ether oxygens (including phenoxy) is 3. The van der Waals surface area contributed by atoms with Gasteiger partial charge >= 0.3 is 6.01 Å². The summed E-state index contributed by atoms with van der Waals surface area (Å²) in [6, 6.07) is 6.15. The molecule has 0 N–H and O–H groups in total. The predicted octanol–water partition coefficient (Wildman–Crippen LogP) is 1.06. The van der Waals surface area contributed by atoms with Crippen molar-refractivity contribution >= 4 is 5.91 Å². The molecule has 136 valence electrons. The summed E-state index contributed by atoms with van der Waals surface area (Å²) in [6.07, 6.45) is 3.46. The van der Waals surface area contributed by atoms with Gasteiger partial charge in [-0.3, -0.25) is 9.69 Å². The van der Waals surface area contributed by atoms with Gasteiger partial charge in [0.2, 0.25) is 12.7 Å². The quantitative estimate of drug-likeness (QED) is 0.793. The SMILES string of the molecule is COc1ncc(CN2CCN(Cc3ccc4c(c3)OCO4)C(=O)C2)cn1.